The van der Waals surface area contributed by atoms with Crippen LogP contribution < -0.4 is 0 Å². The second-order valence-corrected chi connectivity index (χ2v) is 6.69. The Bertz CT molecular complexity index is 576. The third-order valence-electron chi connectivity index (χ3n) is 3.11. The fraction of sp³-hybridized carbons (Fsp3) is 0.417. The van der Waals surface area contributed by atoms with Crippen molar-refractivity contribution in [1.82, 2.24) is 0 Å². The van der Waals surface area contributed by atoms with E-state index in [0.29, 0.717) is 12.0 Å². The Morgan fingerprint density at radius 2 is 2.12 bits per heavy atom. The molecule has 1 heterocycles. The van der Waals surface area contributed by atoms with Gasteiger partial charge in [-0.2, -0.15) is 5.26 Å². The fourth-order valence-corrected chi connectivity index (χ4v) is 4.19. The molecule has 2 rings (SSSR count). The lowest BCUT2D eigenvalue weighted by Gasteiger charge is -2.18. The second kappa shape index (κ2) is 4.11. The SMILES string of the molecule is N#CC1(Cc2ccccc2F)CCS(=O)(=O)C1. The zero-order valence-electron chi connectivity index (χ0n) is 9.19. The molecule has 0 aromatic heterocycles. The number of nitrogens with zero attached hydrogens (tertiary/aromatic N) is 1. The van der Waals surface area contributed by atoms with E-state index in [2.05, 4.69) is 6.07 Å². The van der Waals surface area contributed by atoms with Crippen LogP contribution in [0.3, 0.4) is 0 Å². The van der Waals surface area contributed by atoms with Crippen molar-refractivity contribution in [3.63, 3.8) is 0 Å². The summed E-state index contributed by atoms with van der Waals surface area (Å²) in [7, 11) is -3.14. The van der Waals surface area contributed by atoms with E-state index in [1.54, 1.807) is 18.2 Å². The number of hydrogen-bond acceptors (Lipinski definition) is 3. The molecule has 3 nitrogen and oxygen atoms in total. The Kier molecular flexibility index (Phi) is 2.92. The van der Waals surface area contributed by atoms with Gasteiger partial charge in [-0.15, -0.1) is 0 Å². The molecule has 0 spiro atoms. The Balaban J connectivity index is 2.29. The summed E-state index contributed by atoms with van der Waals surface area (Å²) in [6.07, 6.45) is 0.454. The highest BCUT2D eigenvalue weighted by molar-refractivity contribution is 7.91. The van der Waals surface area contributed by atoms with Gasteiger partial charge in [-0.3, -0.25) is 0 Å². The summed E-state index contributed by atoms with van der Waals surface area (Å²) in [6.45, 7) is 0. The van der Waals surface area contributed by atoms with E-state index < -0.39 is 15.3 Å². The summed E-state index contributed by atoms with van der Waals surface area (Å²) in [5.74, 6) is -0.522. The van der Waals surface area contributed by atoms with Crippen molar-refractivity contribution in [2.45, 2.75) is 12.8 Å². The number of rotatable bonds is 2. The molecule has 1 aliphatic heterocycles. The van der Waals surface area contributed by atoms with Crippen LogP contribution in [-0.4, -0.2) is 19.9 Å². The average Bonchev–Trinajstić information content (AvgIpc) is 2.59. The molecular formula is C12H12FNO2S. The van der Waals surface area contributed by atoms with Gasteiger partial charge in [0.25, 0.3) is 0 Å². The standard InChI is InChI=1S/C12H12FNO2S/c13-11-4-2-1-3-10(11)7-12(8-14)5-6-17(15,16)9-12/h1-4H,5-7,9H2. The summed E-state index contributed by atoms with van der Waals surface area (Å²) in [6, 6.07) is 8.24. The molecule has 1 aromatic rings. The molecule has 17 heavy (non-hydrogen) atoms. The Morgan fingerprint density at radius 1 is 1.41 bits per heavy atom. The van der Waals surface area contributed by atoms with E-state index in [1.165, 1.54) is 6.07 Å². The Labute approximate surface area is 99.8 Å². The molecule has 0 N–H and O–H groups in total. The highest BCUT2D eigenvalue weighted by Gasteiger charge is 2.43. The van der Waals surface area contributed by atoms with Gasteiger partial charge in [0.05, 0.1) is 23.0 Å². The molecule has 1 aliphatic rings. The number of sulfone groups is 1. The maximum absolute atomic E-state index is 13.5. The molecule has 90 valence electrons. The van der Waals surface area contributed by atoms with E-state index in [4.69, 9.17) is 5.26 Å². The molecule has 0 radical (unpaired) electrons. The monoisotopic (exact) mass is 253 g/mol. The zero-order chi connectivity index (χ0) is 12.5. The van der Waals surface area contributed by atoms with Crippen LogP contribution in [0.2, 0.25) is 0 Å². The van der Waals surface area contributed by atoms with E-state index >= 15 is 0 Å². The predicted molar refractivity (Wildman–Crippen MR) is 61.4 cm³/mol. The lowest BCUT2D eigenvalue weighted by atomic mass is 9.82. The smallest absolute Gasteiger partial charge is 0.151 e. The second-order valence-electron chi connectivity index (χ2n) is 4.50. The first kappa shape index (κ1) is 12.1. The molecule has 1 atom stereocenters. The topological polar surface area (TPSA) is 57.9 Å². The number of hydrogen-bond donors (Lipinski definition) is 0. The van der Waals surface area contributed by atoms with Crippen molar-refractivity contribution >= 4 is 9.84 Å². The first-order valence-electron chi connectivity index (χ1n) is 5.31. The summed E-state index contributed by atoms with van der Waals surface area (Å²) < 4.78 is 36.4. The van der Waals surface area contributed by atoms with Crippen molar-refractivity contribution in [3.05, 3.63) is 35.6 Å². The van der Waals surface area contributed by atoms with Gasteiger partial charge >= 0.3 is 0 Å². The minimum Gasteiger partial charge on any atom is -0.229 e. The van der Waals surface area contributed by atoms with Crippen LogP contribution in [0.25, 0.3) is 0 Å². The van der Waals surface area contributed by atoms with Crippen LogP contribution in [0.4, 0.5) is 4.39 Å². The Hall–Kier alpha value is -1.41. The fourth-order valence-electron chi connectivity index (χ4n) is 2.19. The van der Waals surface area contributed by atoms with E-state index in [0.717, 1.165) is 0 Å². The first-order valence-corrected chi connectivity index (χ1v) is 7.14. The van der Waals surface area contributed by atoms with Gasteiger partial charge in [0.2, 0.25) is 0 Å². The lowest BCUT2D eigenvalue weighted by Crippen LogP contribution is -2.23. The van der Waals surface area contributed by atoms with Gasteiger partial charge in [-0.1, -0.05) is 18.2 Å². The van der Waals surface area contributed by atoms with Crippen molar-refractivity contribution in [1.29, 1.82) is 5.26 Å². The van der Waals surface area contributed by atoms with Crippen LogP contribution >= 0.6 is 0 Å². The molecule has 0 bridgehead atoms. The number of halogens is 1. The molecular weight excluding hydrogens is 241 g/mol. The van der Waals surface area contributed by atoms with Gasteiger partial charge in [0.15, 0.2) is 9.84 Å². The van der Waals surface area contributed by atoms with Crippen LogP contribution in [0.1, 0.15) is 12.0 Å². The van der Waals surface area contributed by atoms with E-state index in [9.17, 15) is 12.8 Å². The summed E-state index contributed by atoms with van der Waals surface area (Å²) in [4.78, 5) is 0. The maximum atomic E-state index is 13.5. The molecule has 0 aliphatic carbocycles. The largest absolute Gasteiger partial charge is 0.229 e. The summed E-state index contributed by atoms with van der Waals surface area (Å²) in [5, 5.41) is 9.16. The Morgan fingerprint density at radius 3 is 2.65 bits per heavy atom. The van der Waals surface area contributed by atoms with Crippen LogP contribution in [0.15, 0.2) is 24.3 Å². The summed E-state index contributed by atoms with van der Waals surface area (Å²) in [5.41, 5.74) is -0.549. The number of benzene rings is 1. The lowest BCUT2D eigenvalue weighted by molar-refractivity contribution is 0.439. The minimum absolute atomic E-state index is 0.0228. The molecule has 1 unspecified atom stereocenters. The summed E-state index contributed by atoms with van der Waals surface area (Å²) >= 11 is 0. The van der Waals surface area contributed by atoms with E-state index in [1.807, 2.05) is 0 Å². The predicted octanol–water partition coefficient (Wildman–Crippen LogP) is 1.70. The van der Waals surface area contributed by atoms with Crippen LogP contribution in [0, 0.1) is 22.6 Å². The molecule has 1 fully saturated rings. The zero-order valence-corrected chi connectivity index (χ0v) is 10.0. The third kappa shape index (κ3) is 2.47. The van der Waals surface area contributed by atoms with Crippen molar-refractivity contribution in [3.8, 4) is 6.07 Å². The molecule has 0 saturated carbocycles. The highest BCUT2D eigenvalue weighted by Crippen LogP contribution is 2.35. The van der Waals surface area contributed by atoms with Crippen LogP contribution in [-0.2, 0) is 16.3 Å². The van der Waals surface area contributed by atoms with Gasteiger partial charge in [-0.25, -0.2) is 12.8 Å². The average molecular weight is 253 g/mol. The van der Waals surface area contributed by atoms with Crippen LogP contribution in [0.5, 0.6) is 0 Å². The normalized spacial score (nSPS) is 26.6. The molecule has 1 saturated heterocycles. The van der Waals surface area contributed by atoms with Crippen molar-refractivity contribution in [2.24, 2.45) is 5.41 Å². The van der Waals surface area contributed by atoms with E-state index in [-0.39, 0.29) is 23.7 Å². The maximum Gasteiger partial charge on any atom is 0.151 e. The molecule has 0 amide bonds. The van der Waals surface area contributed by atoms with Crippen molar-refractivity contribution in [2.75, 3.05) is 11.5 Å². The minimum atomic E-state index is -3.14. The molecule has 1 aromatic carbocycles. The first-order chi connectivity index (χ1) is 7.96. The van der Waals surface area contributed by atoms with Gasteiger partial charge in [-0.05, 0) is 24.5 Å². The number of nitriles is 1. The molecule has 5 heteroatoms. The third-order valence-corrected chi connectivity index (χ3v) is 4.93. The quantitative estimate of drug-likeness (QED) is 0.806. The van der Waals surface area contributed by atoms with Gasteiger partial charge in [0.1, 0.15) is 5.82 Å². The van der Waals surface area contributed by atoms with Gasteiger partial charge in [0, 0.05) is 0 Å². The van der Waals surface area contributed by atoms with Crippen molar-refractivity contribution < 1.29 is 12.8 Å². The highest BCUT2D eigenvalue weighted by atomic mass is 32.2. The van der Waals surface area contributed by atoms with Gasteiger partial charge < -0.3 is 0 Å².